The molecule has 0 aromatic carbocycles. The molecular weight excluding hydrogens is 172 g/mol. The molecule has 0 aliphatic carbocycles. The van der Waals surface area contributed by atoms with E-state index >= 15 is 0 Å². The van der Waals surface area contributed by atoms with Crippen molar-refractivity contribution >= 4 is 0 Å². The van der Waals surface area contributed by atoms with Crippen LogP contribution in [0.3, 0.4) is 0 Å². The molecule has 0 aromatic heterocycles. The van der Waals surface area contributed by atoms with E-state index in [4.69, 9.17) is 0 Å². The van der Waals surface area contributed by atoms with Gasteiger partial charge in [-0.2, -0.15) is 0 Å². The van der Waals surface area contributed by atoms with E-state index in [2.05, 4.69) is 23.3 Å². The number of hydrogen-bond acceptors (Lipinski definition) is 2. The quantitative estimate of drug-likeness (QED) is 0.631. The fourth-order valence-electron chi connectivity index (χ4n) is 2.92. The molecule has 2 unspecified atom stereocenters. The van der Waals surface area contributed by atoms with Gasteiger partial charge in [-0.25, -0.2) is 0 Å². The minimum Gasteiger partial charge on any atom is -0.298 e. The van der Waals surface area contributed by atoms with Crippen molar-refractivity contribution in [3.63, 3.8) is 0 Å². The molecule has 2 heterocycles. The van der Waals surface area contributed by atoms with Gasteiger partial charge in [-0.1, -0.05) is 13.0 Å². The van der Waals surface area contributed by atoms with Crippen LogP contribution in [0.1, 0.15) is 26.2 Å². The lowest BCUT2D eigenvalue weighted by molar-refractivity contribution is 0.0580. The van der Waals surface area contributed by atoms with E-state index in [9.17, 15) is 0 Å². The van der Waals surface area contributed by atoms with Crippen molar-refractivity contribution in [2.45, 2.75) is 38.3 Å². The molecule has 0 aromatic rings. The predicted molar refractivity (Wildman–Crippen MR) is 60.4 cm³/mol. The Labute approximate surface area is 87.6 Å². The van der Waals surface area contributed by atoms with Crippen LogP contribution in [0.5, 0.6) is 0 Å². The molecule has 80 valence electrons. The molecule has 2 rings (SSSR count). The maximum atomic E-state index is 3.85. The number of piperazine rings is 1. The second-order valence-corrected chi connectivity index (χ2v) is 4.60. The monoisotopic (exact) mass is 194 g/mol. The van der Waals surface area contributed by atoms with E-state index in [-0.39, 0.29) is 0 Å². The minimum absolute atomic E-state index is 0.766. The second kappa shape index (κ2) is 4.45. The van der Waals surface area contributed by atoms with Crippen molar-refractivity contribution in [2.24, 2.45) is 0 Å². The summed E-state index contributed by atoms with van der Waals surface area (Å²) in [5.41, 5.74) is 0. The van der Waals surface area contributed by atoms with Gasteiger partial charge < -0.3 is 0 Å². The van der Waals surface area contributed by atoms with Gasteiger partial charge in [0.15, 0.2) is 0 Å². The van der Waals surface area contributed by atoms with Crippen molar-refractivity contribution in [1.82, 2.24) is 9.80 Å². The highest BCUT2D eigenvalue weighted by molar-refractivity contribution is 4.93. The lowest BCUT2D eigenvalue weighted by Crippen LogP contribution is -2.55. The van der Waals surface area contributed by atoms with Gasteiger partial charge >= 0.3 is 0 Å². The van der Waals surface area contributed by atoms with Gasteiger partial charge in [0, 0.05) is 31.7 Å². The molecule has 0 spiro atoms. The second-order valence-electron chi connectivity index (χ2n) is 4.60. The van der Waals surface area contributed by atoms with Crippen LogP contribution in [-0.2, 0) is 0 Å². The summed E-state index contributed by atoms with van der Waals surface area (Å²) in [4.78, 5) is 5.30. The third kappa shape index (κ3) is 1.86. The SMILES string of the molecule is C=CCN1CC2CCCN2CC1CC. The van der Waals surface area contributed by atoms with Crippen LogP contribution in [-0.4, -0.2) is 48.1 Å². The maximum Gasteiger partial charge on any atom is 0.0224 e. The maximum absolute atomic E-state index is 3.85. The van der Waals surface area contributed by atoms with Crippen LogP contribution < -0.4 is 0 Å². The van der Waals surface area contributed by atoms with Gasteiger partial charge in [-0.15, -0.1) is 6.58 Å². The van der Waals surface area contributed by atoms with Crippen molar-refractivity contribution < 1.29 is 0 Å². The molecule has 2 saturated heterocycles. The van der Waals surface area contributed by atoms with E-state index in [1.165, 1.54) is 38.9 Å². The number of rotatable bonds is 3. The van der Waals surface area contributed by atoms with Crippen molar-refractivity contribution in [3.8, 4) is 0 Å². The van der Waals surface area contributed by atoms with Gasteiger partial charge in [0.2, 0.25) is 0 Å². The third-order valence-electron chi connectivity index (χ3n) is 3.74. The normalized spacial score (nSPS) is 34.4. The van der Waals surface area contributed by atoms with E-state index in [0.717, 1.165) is 18.6 Å². The smallest absolute Gasteiger partial charge is 0.0224 e. The average molecular weight is 194 g/mol. The Kier molecular flexibility index (Phi) is 3.24. The Morgan fingerprint density at radius 2 is 2.29 bits per heavy atom. The van der Waals surface area contributed by atoms with Gasteiger partial charge in [-0.05, 0) is 25.8 Å². The van der Waals surface area contributed by atoms with Gasteiger partial charge in [0.05, 0.1) is 0 Å². The largest absolute Gasteiger partial charge is 0.298 e. The Balaban J connectivity index is 1.99. The number of nitrogens with zero attached hydrogens (tertiary/aromatic N) is 2. The Morgan fingerprint density at radius 3 is 3.00 bits per heavy atom. The minimum atomic E-state index is 0.766. The highest BCUT2D eigenvalue weighted by Crippen LogP contribution is 2.25. The molecule has 2 aliphatic heterocycles. The Bertz CT molecular complexity index is 202. The first-order valence-electron chi connectivity index (χ1n) is 5.94. The van der Waals surface area contributed by atoms with E-state index < -0.39 is 0 Å². The van der Waals surface area contributed by atoms with Crippen LogP contribution in [0.4, 0.5) is 0 Å². The summed E-state index contributed by atoms with van der Waals surface area (Å²) in [5.74, 6) is 0. The first-order chi connectivity index (χ1) is 6.85. The van der Waals surface area contributed by atoms with E-state index in [0.29, 0.717) is 0 Å². The molecule has 2 heteroatoms. The predicted octanol–water partition coefficient (Wildman–Crippen LogP) is 1.73. The Hall–Kier alpha value is -0.340. The molecule has 0 saturated carbocycles. The van der Waals surface area contributed by atoms with Gasteiger partial charge in [-0.3, -0.25) is 9.80 Å². The molecule has 0 amide bonds. The zero-order valence-corrected chi connectivity index (χ0v) is 9.28. The fraction of sp³-hybridized carbons (Fsp3) is 0.833. The lowest BCUT2D eigenvalue weighted by Gasteiger charge is -2.43. The third-order valence-corrected chi connectivity index (χ3v) is 3.74. The van der Waals surface area contributed by atoms with Crippen LogP contribution in [0.25, 0.3) is 0 Å². The molecule has 0 radical (unpaired) electrons. The summed E-state index contributed by atoms with van der Waals surface area (Å²) in [6, 6.07) is 1.61. The average Bonchev–Trinajstić information content (AvgIpc) is 2.64. The molecule has 2 fully saturated rings. The van der Waals surface area contributed by atoms with Crippen LogP contribution >= 0.6 is 0 Å². The zero-order chi connectivity index (χ0) is 9.97. The fourth-order valence-corrected chi connectivity index (χ4v) is 2.92. The van der Waals surface area contributed by atoms with Crippen LogP contribution in [0.15, 0.2) is 12.7 Å². The first kappa shape index (κ1) is 10.2. The summed E-state index contributed by atoms with van der Waals surface area (Å²) in [5, 5.41) is 0. The summed E-state index contributed by atoms with van der Waals surface area (Å²) < 4.78 is 0. The molecular formula is C12H22N2. The lowest BCUT2D eigenvalue weighted by atomic mass is 10.1. The molecule has 0 N–H and O–H groups in total. The summed E-state index contributed by atoms with van der Waals surface area (Å²) >= 11 is 0. The molecule has 2 nitrogen and oxygen atoms in total. The summed E-state index contributed by atoms with van der Waals surface area (Å²) in [6.45, 7) is 11.1. The topological polar surface area (TPSA) is 6.48 Å². The number of fused-ring (bicyclic) bond motifs is 1. The first-order valence-corrected chi connectivity index (χ1v) is 5.94. The highest BCUT2D eigenvalue weighted by Gasteiger charge is 2.34. The molecule has 2 atom stereocenters. The van der Waals surface area contributed by atoms with Crippen molar-refractivity contribution in [2.75, 3.05) is 26.2 Å². The standard InChI is InChI=1S/C12H22N2/c1-3-7-13-10-12-6-5-8-14(12)9-11(13)4-2/h3,11-12H,1,4-10H2,2H3. The molecule has 0 bridgehead atoms. The summed E-state index contributed by atoms with van der Waals surface area (Å²) in [7, 11) is 0. The van der Waals surface area contributed by atoms with E-state index in [1.807, 2.05) is 6.08 Å². The Morgan fingerprint density at radius 1 is 1.43 bits per heavy atom. The van der Waals surface area contributed by atoms with Crippen LogP contribution in [0.2, 0.25) is 0 Å². The molecule has 14 heavy (non-hydrogen) atoms. The zero-order valence-electron chi connectivity index (χ0n) is 9.28. The summed E-state index contributed by atoms with van der Waals surface area (Å²) in [6.07, 6.45) is 6.14. The highest BCUT2D eigenvalue weighted by atomic mass is 15.3. The van der Waals surface area contributed by atoms with E-state index in [1.54, 1.807) is 0 Å². The van der Waals surface area contributed by atoms with Gasteiger partial charge in [0.1, 0.15) is 0 Å². The van der Waals surface area contributed by atoms with Gasteiger partial charge in [0.25, 0.3) is 0 Å². The van der Waals surface area contributed by atoms with Crippen molar-refractivity contribution in [3.05, 3.63) is 12.7 Å². The van der Waals surface area contributed by atoms with Crippen LogP contribution in [0, 0.1) is 0 Å². The van der Waals surface area contributed by atoms with Crippen molar-refractivity contribution in [1.29, 1.82) is 0 Å². The molecule has 2 aliphatic rings. The number of hydrogen-bond donors (Lipinski definition) is 0.